The van der Waals surface area contributed by atoms with Gasteiger partial charge in [-0.2, -0.15) is 0 Å². The third kappa shape index (κ3) is 4.87. The summed E-state index contributed by atoms with van der Waals surface area (Å²) in [6, 6.07) is 10.2. The molecule has 0 bridgehead atoms. The van der Waals surface area contributed by atoms with Crippen molar-refractivity contribution in [2.24, 2.45) is 5.41 Å². The SMILES string of the molecule is CC(C)N(C(=O)c1cc(F)ccc1Oc1cncnc1N1CC2(CC(Oc3cccc4c3CNC4)C2)C1)C(C)C. The van der Waals surface area contributed by atoms with Gasteiger partial charge in [0.15, 0.2) is 11.6 Å². The number of amides is 1. The van der Waals surface area contributed by atoms with Crippen molar-refractivity contribution in [3.8, 4) is 17.2 Å². The first-order chi connectivity index (χ1) is 19.2. The second-order valence-corrected chi connectivity index (χ2v) is 11.9. The van der Waals surface area contributed by atoms with Gasteiger partial charge in [-0.05, 0) is 70.4 Å². The predicted molar refractivity (Wildman–Crippen MR) is 150 cm³/mol. The first-order valence-electron chi connectivity index (χ1n) is 14.1. The molecule has 8 nitrogen and oxygen atoms in total. The Labute approximate surface area is 234 Å². The fourth-order valence-corrected chi connectivity index (χ4v) is 6.45. The number of ether oxygens (including phenoxy) is 2. The molecule has 6 rings (SSSR count). The second kappa shape index (κ2) is 10.4. The van der Waals surface area contributed by atoms with Crippen LogP contribution in [-0.2, 0) is 13.1 Å². The average molecular weight is 546 g/mol. The van der Waals surface area contributed by atoms with E-state index in [1.165, 1.54) is 35.7 Å². The van der Waals surface area contributed by atoms with Crippen LogP contribution in [0.2, 0.25) is 0 Å². The Morgan fingerprint density at radius 3 is 2.60 bits per heavy atom. The molecule has 1 amide bonds. The smallest absolute Gasteiger partial charge is 0.258 e. The van der Waals surface area contributed by atoms with Crippen LogP contribution in [0.5, 0.6) is 17.2 Å². The van der Waals surface area contributed by atoms with Gasteiger partial charge in [0.1, 0.15) is 29.7 Å². The maximum absolute atomic E-state index is 14.3. The Balaban J connectivity index is 1.14. The number of nitrogens with one attached hydrogen (secondary N) is 1. The summed E-state index contributed by atoms with van der Waals surface area (Å²) in [5.74, 6) is 1.63. The van der Waals surface area contributed by atoms with E-state index in [9.17, 15) is 9.18 Å². The van der Waals surface area contributed by atoms with Gasteiger partial charge in [0, 0.05) is 49.2 Å². The fraction of sp³-hybridized carbons (Fsp3) is 0.452. The fourth-order valence-electron chi connectivity index (χ4n) is 6.45. The number of fused-ring (bicyclic) bond motifs is 1. The molecular formula is C31H36FN5O3. The molecule has 1 saturated carbocycles. The third-order valence-electron chi connectivity index (χ3n) is 8.21. The van der Waals surface area contributed by atoms with Crippen LogP contribution in [-0.4, -0.2) is 52.1 Å². The number of rotatable bonds is 8. The lowest BCUT2D eigenvalue weighted by atomic mass is 9.61. The Kier molecular flexibility index (Phi) is 6.86. The molecular weight excluding hydrogens is 509 g/mol. The first kappa shape index (κ1) is 26.5. The van der Waals surface area contributed by atoms with Crippen molar-refractivity contribution in [1.29, 1.82) is 0 Å². The highest BCUT2D eigenvalue weighted by atomic mass is 19.1. The summed E-state index contributed by atoms with van der Waals surface area (Å²) in [6.45, 7) is 11.2. The average Bonchev–Trinajstić information content (AvgIpc) is 3.36. The van der Waals surface area contributed by atoms with Crippen molar-refractivity contribution in [2.45, 2.75) is 71.8 Å². The van der Waals surface area contributed by atoms with E-state index in [0.717, 1.165) is 44.8 Å². The van der Waals surface area contributed by atoms with E-state index in [-0.39, 0.29) is 40.8 Å². The van der Waals surface area contributed by atoms with Crippen LogP contribution in [0.1, 0.15) is 62.0 Å². The minimum absolute atomic E-state index is 0.0497. The van der Waals surface area contributed by atoms with Crippen molar-refractivity contribution >= 4 is 11.7 Å². The van der Waals surface area contributed by atoms with Crippen LogP contribution in [0.3, 0.4) is 0 Å². The maximum Gasteiger partial charge on any atom is 0.258 e. The highest BCUT2D eigenvalue weighted by Gasteiger charge is 2.54. The number of hydrogen-bond donors (Lipinski definition) is 1. The van der Waals surface area contributed by atoms with Crippen molar-refractivity contribution < 1.29 is 18.7 Å². The van der Waals surface area contributed by atoms with Crippen molar-refractivity contribution in [3.05, 3.63) is 71.4 Å². The summed E-state index contributed by atoms with van der Waals surface area (Å²) in [4.78, 5) is 26.0. The van der Waals surface area contributed by atoms with Crippen LogP contribution in [0, 0.1) is 11.2 Å². The molecule has 1 spiro atoms. The van der Waals surface area contributed by atoms with E-state index < -0.39 is 5.82 Å². The Morgan fingerprint density at radius 1 is 1.07 bits per heavy atom. The molecule has 2 aliphatic heterocycles. The van der Waals surface area contributed by atoms with Gasteiger partial charge in [0.25, 0.3) is 5.91 Å². The summed E-state index contributed by atoms with van der Waals surface area (Å²) in [7, 11) is 0. The first-order valence-corrected chi connectivity index (χ1v) is 14.1. The van der Waals surface area contributed by atoms with Gasteiger partial charge in [-0.15, -0.1) is 0 Å². The molecule has 2 aromatic carbocycles. The molecule has 0 atom stereocenters. The normalized spacial score (nSPS) is 17.5. The van der Waals surface area contributed by atoms with E-state index in [2.05, 4.69) is 38.4 Å². The molecule has 210 valence electrons. The van der Waals surface area contributed by atoms with E-state index >= 15 is 0 Å². The van der Waals surface area contributed by atoms with Gasteiger partial charge in [-0.1, -0.05) is 12.1 Å². The topological polar surface area (TPSA) is 79.8 Å². The highest BCUT2D eigenvalue weighted by Crippen LogP contribution is 2.52. The molecule has 3 heterocycles. The van der Waals surface area contributed by atoms with Gasteiger partial charge in [-0.25, -0.2) is 14.4 Å². The van der Waals surface area contributed by atoms with E-state index in [4.69, 9.17) is 9.47 Å². The number of hydrogen-bond acceptors (Lipinski definition) is 7. The lowest BCUT2D eigenvalue weighted by Crippen LogP contribution is -2.65. The Hall–Kier alpha value is -3.72. The molecule has 40 heavy (non-hydrogen) atoms. The lowest BCUT2D eigenvalue weighted by Gasteiger charge is -2.59. The number of carbonyl (C=O) groups excluding carboxylic acids is 1. The monoisotopic (exact) mass is 545 g/mol. The molecule has 2 fully saturated rings. The molecule has 1 aliphatic carbocycles. The zero-order valence-corrected chi connectivity index (χ0v) is 23.5. The third-order valence-corrected chi connectivity index (χ3v) is 8.21. The maximum atomic E-state index is 14.3. The van der Waals surface area contributed by atoms with Gasteiger partial charge in [0.2, 0.25) is 0 Å². The van der Waals surface area contributed by atoms with Gasteiger partial charge >= 0.3 is 0 Å². The summed E-state index contributed by atoms with van der Waals surface area (Å²) < 4.78 is 26.9. The minimum atomic E-state index is -0.490. The van der Waals surface area contributed by atoms with Crippen molar-refractivity contribution in [1.82, 2.24) is 20.2 Å². The molecule has 9 heteroatoms. The summed E-state index contributed by atoms with van der Waals surface area (Å²) in [5.41, 5.74) is 2.99. The summed E-state index contributed by atoms with van der Waals surface area (Å²) >= 11 is 0. The van der Waals surface area contributed by atoms with Crippen molar-refractivity contribution in [2.75, 3.05) is 18.0 Å². The summed E-state index contributed by atoms with van der Waals surface area (Å²) in [5, 5.41) is 3.40. The summed E-state index contributed by atoms with van der Waals surface area (Å²) in [6.07, 6.45) is 5.31. The largest absolute Gasteiger partial charge is 0.490 e. The lowest BCUT2D eigenvalue weighted by molar-refractivity contribution is -0.0348. The van der Waals surface area contributed by atoms with Crippen molar-refractivity contribution in [3.63, 3.8) is 0 Å². The van der Waals surface area contributed by atoms with Crippen LogP contribution in [0.15, 0.2) is 48.9 Å². The number of carbonyl (C=O) groups is 1. The zero-order chi connectivity index (χ0) is 28.0. The number of benzene rings is 2. The standard InChI is InChI=1S/C31H36FN5O3/c1-19(2)37(20(3)4)30(38)24-10-22(32)8-9-27(24)40-28-15-34-18-35-29(28)36-16-31(17-36)11-23(12-31)39-26-7-5-6-21-13-33-14-25(21)26/h5-10,15,18-20,23,33H,11-14,16-17H2,1-4H3. The van der Waals surface area contributed by atoms with Gasteiger partial charge in [0.05, 0.1) is 11.8 Å². The van der Waals surface area contributed by atoms with E-state index in [1.54, 1.807) is 11.1 Å². The minimum Gasteiger partial charge on any atom is -0.490 e. The van der Waals surface area contributed by atoms with Crippen LogP contribution < -0.4 is 19.7 Å². The molecule has 0 unspecified atom stereocenters. The number of nitrogens with zero attached hydrogens (tertiary/aromatic N) is 4. The quantitative estimate of drug-likeness (QED) is 0.411. The van der Waals surface area contributed by atoms with E-state index in [1.807, 2.05) is 27.7 Å². The molecule has 3 aromatic rings. The van der Waals surface area contributed by atoms with E-state index in [0.29, 0.717) is 11.6 Å². The zero-order valence-electron chi connectivity index (χ0n) is 23.5. The molecule has 0 radical (unpaired) electrons. The Bertz CT molecular complexity index is 1410. The number of aromatic nitrogens is 2. The van der Waals surface area contributed by atoms with Gasteiger partial charge < -0.3 is 24.6 Å². The Morgan fingerprint density at radius 2 is 1.85 bits per heavy atom. The number of anilines is 1. The predicted octanol–water partition coefficient (Wildman–Crippen LogP) is 5.32. The molecule has 1 aromatic heterocycles. The second-order valence-electron chi connectivity index (χ2n) is 11.9. The highest BCUT2D eigenvalue weighted by molar-refractivity contribution is 5.97. The van der Waals surface area contributed by atoms with Crippen LogP contribution >= 0.6 is 0 Å². The molecule has 3 aliphatic rings. The van der Waals surface area contributed by atoms with Crippen LogP contribution in [0.4, 0.5) is 10.2 Å². The number of halogens is 1. The van der Waals surface area contributed by atoms with Gasteiger partial charge in [-0.3, -0.25) is 4.79 Å². The molecule has 1 N–H and O–H groups in total. The molecule has 1 saturated heterocycles. The van der Waals surface area contributed by atoms with Crippen LogP contribution in [0.25, 0.3) is 0 Å².